The highest BCUT2D eigenvalue weighted by Crippen LogP contribution is 2.23. The third-order valence-electron chi connectivity index (χ3n) is 3.81. The summed E-state index contributed by atoms with van der Waals surface area (Å²) in [5, 5.41) is 11.9. The van der Waals surface area contributed by atoms with Crippen LogP contribution >= 0.6 is 23.1 Å². The number of fused-ring (bicyclic) bond motifs is 1. The quantitative estimate of drug-likeness (QED) is 0.674. The molecule has 0 N–H and O–H groups in total. The van der Waals surface area contributed by atoms with Gasteiger partial charge in [0.25, 0.3) is 5.56 Å². The Hall–Kier alpha value is -2.21. The fraction of sp³-hybridized carbons (Fsp3) is 0.571. The SMILES string of the molecule is CCOC(=O)N1CCN(C(=O)CSc2nn3c(=O)c(C)nnc3s2)CC1. The molecule has 1 fully saturated rings. The molecule has 1 aliphatic heterocycles. The lowest BCUT2D eigenvalue weighted by atomic mass is 10.3. The Labute approximate surface area is 157 Å². The molecule has 2 aromatic heterocycles. The van der Waals surface area contributed by atoms with Crippen molar-refractivity contribution < 1.29 is 14.3 Å². The Balaban J connectivity index is 1.54. The Bertz CT molecular complexity index is 874. The van der Waals surface area contributed by atoms with E-state index in [4.69, 9.17) is 4.74 Å². The Morgan fingerprint density at radius 1 is 1.19 bits per heavy atom. The Kier molecular flexibility index (Phi) is 5.71. The summed E-state index contributed by atoms with van der Waals surface area (Å²) in [5.41, 5.74) is -0.0283. The molecule has 2 amide bonds. The molecular formula is C14H18N6O4S2. The Morgan fingerprint density at radius 3 is 2.58 bits per heavy atom. The summed E-state index contributed by atoms with van der Waals surface area (Å²) in [4.78, 5) is 39.7. The smallest absolute Gasteiger partial charge is 0.409 e. The Morgan fingerprint density at radius 2 is 1.88 bits per heavy atom. The number of hydrogen-bond acceptors (Lipinski definition) is 9. The normalized spacial score (nSPS) is 14.7. The van der Waals surface area contributed by atoms with Crippen LogP contribution in [0.25, 0.3) is 4.96 Å². The van der Waals surface area contributed by atoms with Crippen LogP contribution in [0.5, 0.6) is 0 Å². The number of carbonyl (C=O) groups excluding carboxylic acids is 2. The monoisotopic (exact) mass is 398 g/mol. The number of piperazine rings is 1. The molecule has 1 saturated heterocycles. The minimum atomic E-state index is -0.342. The fourth-order valence-electron chi connectivity index (χ4n) is 2.40. The lowest BCUT2D eigenvalue weighted by Gasteiger charge is -2.33. The number of rotatable bonds is 4. The molecule has 0 saturated carbocycles. The molecule has 3 heterocycles. The van der Waals surface area contributed by atoms with E-state index in [-0.39, 0.29) is 29.0 Å². The largest absolute Gasteiger partial charge is 0.450 e. The molecule has 0 radical (unpaired) electrons. The van der Waals surface area contributed by atoms with E-state index in [1.54, 1.807) is 23.6 Å². The van der Waals surface area contributed by atoms with E-state index < -0.39 is 0 Å². The van der Waals surface area contributed by atoms with Gasteiger partial charge in [-0.05, 0) is 13.8 Å². The van der Waals surface area contributed by atoms with Crippen molar-refractivity contribution in [2.75, 3.05) is 38.5 Å². The van der Waals surface area contributed by atoms with E-state index in [0.29, 0.717) is 42.1 Å². The highest BCUT2D eigenvalue weighted by Gasteiger charge is 2.25. The first-order valence-corrected chi connectivity index (χ1v) is 9.85. The maximum Gasteiger partial charge on any atom is 0.409 e. The molecule has 10 nitrogen and oxygen atoms in total. The van der Waals surface area contributed by atoms with Gasteiger partial charge in [-0.15, -0.1) is 15.3 Å². The lowest BCUT2D eigenvalue weighted by molar-refractivity contribution is -0.129. The van der Waals surface area contributed by atoms with Crippen LogP contribution in [-0.4, -0.2) is 80.2 Å². The van der Waals surface area contributed by atoms with Gasteiger partial charge < -0.3 is 14.5 Å². The van der Waals surface area contributed by atoms with Gasteiger partial charge in [-0.1, -0.05) is 23.1 Å². The van der Waals surface area contributed by atoms with Crippen LogP contribution in [0.4, 0.5) is 4.79 Å². The van der Waals surface area contributed by atoms with Crippen molar-refractivity contribution in [1.29, 1.82) is 0 Å². The summed E-state index contributed by atoms with van der Waals surface area (Å²) in [5.74, 6) is 0.174. The number of thioether (sulfide) groups is 1. The summed E-state index contributed by atoms with van der Waals surface area (Å²) < 4.78 is 6.75. The zero-order valence-corrected chi connectivity index (χ0v) is 16.0. The fourth-order valence-corrected chi connectivity index (χ4v) is 4.18. The van der Waals surface area contributed by atoms with Gasteiger partial charge in [-0.2, -0.15) is 4.52 Å². The third-order valence-corrected chi connectivity index (χ3v) is 5.82. The van der Waals surface area contributed by atoms with Crippen molar-refractivity contribution in [2.45, 2.75) is 18.2 Å². The number of ether oxygens (including phenoxy) is 1. The molecule has 2 aromatic rings. The van der Waals surface area contributed by atoms with Crippen molar-refractivity contribution in [1.82, 2.24) is 29.6 Å². The standard InChI is InChI=1S/C14H18N6O4S2/c1-3-24-14(23)19-6-4-18(5-7-19)10(21)8-25-13-17-20-11(22)9(2)15-16-12(20)26-13/h3-8H2,1-2H3. The van der Waals surface area contributed by atoms with Crippen LogP contribution in [0.15, 0.2) is 9.13 Å². The van der Waals surface area contributed by atoms with E-state index in [9.17, 15) is 14.4 Å². The van der Waals surface area contributed by atoms with Gasteiger partial charge in [0.1, 0.15) is 5.69 Å². The molecule has 26 heavy (non-hydrogen) atoms. The molecule has 0 aliphatic carbocycles. The lowest BCUT2D eigenvalue weighted by Crippen LogP contribution is -2.51. The molecule has 12 heteroatoms. The molecule has 0 spiro atoms. The second kappa shape index (κ2) is 7.99. The second-order valence-electron chi connectivity index (χ2n) is 5.51. The van der Waals surface area contributed by atoms with Crippen LogP contribution in [-0.2, 0) is 9.53 Å². The van der Waals surface area contributed by atoms with Gasteiger partial charge in [-0.3, -0.25) is 9.59 Å². The summed E-state index contributed by atoms with van der Waals surface area (Å²) >= 11 is 2.48. The number of nitrogens with zero attached hydrogens (tertiary/aromatic N) is 6. The minimum absolute atomic E-state index is 0.0348. The molecule has 140 valence electrons. The predicted molar refractivity (Wildman–Crippen MR) is 95.6 cm³/mol. The van der Waals surface area contributed by atoms with Crippen LogP contribution in [0.2, 0.25) is 0 Å². The van der Waals surface area contributed by atoms with Gasteiger partial charge in [-0.25, -0.2) is 4.79 Å². The topological polar surface area (TPSA) is 110 Å². The molecule has 0 bridgehead atoms. The summed E-state index contributed by atoms with van der Waals surface area (Å²) in [7, 11) is 0. The first kappa shape index (κ1) is 18.6. The first-order valence-electron chi connectivity index (χ1n) is 8.05. The van der Waals surface area contributed by atoms with E-state index >= 15 is 0 Å². The minimum Gasteiger partial charge on any atom is -0.450 e. The first-order chi connectivity index (χ1) is 12.5. The van der Waals surface area contributed by atoms with E-state index in [2.05, 4.69) is 15.3 Å². The molecule has 0 unspecified atom stereocenters. The van der Waals surface area contributed by atoms with Gasteiger partial charge >= 0.3 is 6.09 Å². The average molecular weight is 398 g/mol. The molecule has 0 aromatic carbocycles. The summed E-state index contributed by atoms with van der Waals surface area (Å²) in [6.07, 6.45) is -0.342. The number of carbonyl (C=O) groups is 2. The van der Waals surface area contributed by atoms with Crippen molar-refractivity contribution >= 4 is 40.1 Å². The molecule has 0 atom stereocenters. The van der Waals surface area contributed by atoms with Gasteiger partial charge in [0.15, 0.2) is 4.34 Å². The third kappa shape index (κ3) is 3.96. The molecular weight excluding hydrogens is 380 g/mol. The zero-order chi connectivity index (χ0) is 18.7. The van der Waals surface area contributed by atoms with Crippen molar-refractivity contribution in [3.05, 3.63) is 16.0 Å². The van der Waals surface area contributed by atoms with Crippen LogP contribution < -0.4 is 5.56 Å². The highest BCUT2D eigenvalue weighted by molar-refractivity contribution is 8.01. The molecule has 3 rings (SSSR count). The highest BCUT2D eigenvalue weighted by atomic mass is 32.2. The second-order valence-corrected chi connectivity index (χ2v) is 7.69. The van der Waals surface area contributed by atoms with Crippen molar-refractivity contribution in [3.8, 4) is 0 Å². The predicted octanol–water partition coefficient (Wildman–Crippen LogP) is 0.247. The maximum absolute atomic E-state index is 12.4. The average Bonchev–Trinajstić information content (AvgIpc) is 3.07. The van der Waals surface area contributed by atoms with E-state index in [0.717, 1.165) is 0 Å². The van der Waals surface area contributed by atoms with Crippen LogP contribution in [0, 0.1) is 6.92 Å². The molecule has 1 aliphatic rings. The maximum atomic E-state index is 12.4. The zero-order valence-electron chi connectivity index (χ0n) is 14.4. The van der Waals surface area contributed by atoms with Crippen molar-refractivity contribution in [3.63, 3.8) is 0 Å². The summed E-state index contributed by atoms with van der Waals surface area (Å²) in [6.45, 7) is 5.54. The van der Waals surface area contributed by atoms with E-state index in [1.165, 1.54) is 27.6 Å². The summed E-state index contributed by atoms with van der Waals surface area (Å²) in [6, 6.07) is 0. The van der Waals surface area contributed by atoms with Gasteiger partial charge in [0, 0.05) is 26.2 Å². The van der Waals surface area contributed by atoms with Gasteiger partial charge in [0.05, 0.1) is 12.4 Å². The number of amides is 2. The van der Waals surface area contributed by atoms with Crippen molar-refractivity contribution in [2.24, 2.45) is 0 Å². The van der Waals surface area contributed by atoms with E-state index in [1.807, 2.05) is 0 Å². The van der Waals surface area contributed by atoms with Gasteiger partial charge in [0.2, 0.25) is 10.9 Å². The number of hydrogen-bond donors (Lipinski definition) is 0. The number of aryl methyl sites for hydroxylation is 1. The number of aromatic nitrogens is 4. The van der Waals surface area contributed by atoms with Crippen LogP contribution in [0.1, 0.15) is 12.6 Å². The van der Waals surface area contributed by atoms with Crippen LogP contribution in [0.3, 0.4) is 0 Å².